The van der Waals surface area contributed by atoms with Gasteiger partial charge in [0.05, 0.1) is 19.0 Å². The fourth-order valence-electron chi connectivity index (χ4n) is 6.34. The highest BCUT2D eigenvalue weighted by molar-refractivity contribution is 5.90. The maximum Gasteiger partial charge on any atom is 0.342 e. The number of nitrogens with zero attached hydrogens (tertiary/aromatic N) is 4. The fourth-order valence-corrected chi connectivity index (χ4v) is 6.34. The molecule has 0 amide bonds. The molecule has 2 aromatic carbocycles. The van der Waals surface area contributed by atoms with Crippen LogP contribution >= 0.6 is 0 Å². The molecule has 0 spiro atoms. The van der Waals surface area contributed by atoms with Crippen molar-refractivity contribution in [1.29, 1.82) is 0 Å². The second-order valence-corrected chi connectivity index (χ2v) is 11.2. The van der Waals surface area contributed by atoms with Crippen molar-refractivity contribution >= 4 is 5.97 Å². The molecule has 1 saturated heterocycles. The van der Waals surface area contributed by atoms with Crippen LogP contribution in [0.25, 0.3) is 17.1 Å². The molecule has 9 heteroatoms. The van der Waals surface area contributed by atoms with Crippen LogP contribution in [0, 0.1) is 6.92 Å². The smallest absolute Gasteiger partial charge is 0.342 e. The van der Waals surface area contributed by atoms with Crippen LogP contribution in [0.3, 0.4) is 0 Å². The third-order valence-electron chi connectivity index (χ3n) is 8.58. The molecular formula is C34H38N4O5. The van der Waals surface area contributed by atoms with E-state index in [2.05, 4.69) is 29.1 Å². The molecule has 4 heterocycles. The Hall–Kier alpha value is -4.21. The first-order valence-corrected chi connectivity index (χ1v) is 15.0. The van der Waals surface area contributed by atoms with E-state index in [1.54, 1.807) is 6.07 Å². The molecule has 1 N–H and O–H groups in total. The van der Waals surface area contributed by atoms with Gasteiger partial charge in [-0.05, 0) is 78.6 Å². The molecule has 1 fully saturated rings. The Kier molecular flexibility index (Phi) is 8.44. The van der Waals surface area contributed by atoms with Crippen LogP contribution in [0.15, 0.2) is 54.7 Å². The summed E-state index contributed by atoms with van der Waals surface area (Å²) in [6.07, 6.45) is 5.56. The van der Waals surface area contributed by atoms with Crippen molar-refractivity contribution < 1.29 is 24.1 Å². The Balaban J connectivity index is 1.25. The zero-order valence-corrected chi connectivity index (χ0v) is 25.0. The van der Waals surface area contributed by atoms with E-state index < -0.39 is 5.97 Å². The van der Waals surface area contributed by atoms with Crippen molar-refractivity contribution in [3.8, 4) is 28.7 Å². The molecule has 224 valence electrons. The van der Waals surface area contributed by atoms with Gasteiger partial charge in [0.2, 0.25) is 5.88 Å². The highest BCUT2D eigenvalue weighted by Crippen LogP contribution is 2.34. The Morgan fingerprint density at radius 2 is 1.95 bits per heavy atom. The molecule has 9 nitrogen and oxygen atoms in total. The molecule has 0 bridgehead atoms. The number of carbonyl (C=O) groups is 1. The average Bonchev–Trinajstić information content (AvgIpc) is 3.49. The summed E-state index contributed by atoms with van der Waals surface area (Å²) in [6.45, 7) is 8.57. The minimum atomic E-state index is -1.11. The summed E-state index contributed by atoms with van der Waals surface area (Å²) in [4.78, 5) is 19.1. The van der Waals surface area contributed by atoms with Crippen LogP contribution in [0.2, 0.25) is 0 Å². The predicted octanol–water partition coefficient (Wildman–Crippen LogP) is 5.63. The number of para-hydroxylation sites is 1. The number of carboxylic acids is 1. The molecule has 43 heavy (non-hydrogen) atoms. The number of pyridine rings is 1. The molecule has 4 aromatic rings. The number of rotatable bonds is 9. The van der Waals surface area contributed by atoms with Crippen molar-refractivity contribution in [2.45, 2.75) is 58.7 Å². The third-order valence-corrected chi connectivity index (χ3v) is 8.58. The van der Waals surface area contributed by atoms with Gasteiger partial charge in [-0.3, -0.25) is 4.90 Å². The van der Waals surface area contributed by atoms with E-state index in [4.69, 9.17) is 19.2 Å². The van der Waals surface area contributed by atoms with E-state index >= 15 is 0 Å². The first-order chi connectivity index (χ1) is 21.0. The van der Waals surface area contributed by atoms with Gasteiger partial charge >= 0.3 is 5.97 Å². The van der Waals surface area contributed by atoms with Gasteiger partial charge < -0.3 is 19.3 Å². The zero-order chi connectivity index (χ0) is 29.9. The van der Waals surface area contributed by atoms with Crippen molar-refractivity contribution in [2.75, 3.05) is 26.9 Å². The Labute approximate surface area is 252 Å². The number of aromatic nitrogens is 3. The lowest BCUT2D eigenvalue weighted by molar-refractivity contribution is 0.0289. The van der Waals surface area contributed by atoms with Crippen LogP contribution in [-0.2, 0) is 30.7 Å². The van der Waals surface area contributed by atoms with E-state index in [1.807, 2.05) is 37.3 Å². The number of aryl methyl sites for hydroxylation is 2. The predicted molar refractivity (Wildman–Crippen MR) is 163 cm³/mol. The summed E-state index contributed by atoms with van der Waals surface area (Å²) in [7, 11) is 1.42. The van der Waals surface area contributed by atoms with Crippen LogP contribution in [0.5, 0.6) is 11.6 Å². The van der Waals surface area contributed by atoms with Crippen molar-refractivity contribution in [1.82, 2.24) is 19.7 Å². The minimum Gasteiger partial charge on any atom is -0.488 e. The average molecular weight is 583 g/mol. The van der Waals surface area contributed by atoms with Gasteiger partial charge in [0, 0.05) is 37.9 Å². The Morgan fingerprint density at radius 3 is 2.72 bits per heavy atom. The highest BCUT2D eigenvalue weighted by Gasteiger charge is 2.27. The number of benzene rings is 2. The lowest BCUT2D eigenvalue weighted by Crippen LogP contribution is -2.42. The number of ether oxygens (including phenoxy) is 3. The quantitative estimate of drug-likeness (QED) is 0.271. The first kappa shape index (κ1) is 28.9. The van der Waals surface area contributed by atoms with E-state index in [-0.39, 0.29) is 11.4 Å². The summed E-state index contributed by atoms with van der Waals surface area (Å²) in [6, 6.07) is 16.8. The van der Waals surface area contributed by atoms with E-state index in [0.29, 0.717) is 24.2 Å². The van der Waals surface area contributed by atoms with Crippen molar-refractivity contribution in [3.05, 3.63) is 88.1 Å². The summed E-state index contributed by atoms with van der Waals surface area (Å²) in [5.41, 5.74) is 8.04. The fraction of sp³-hybridized carbons (Fsp3) is 0.382. The van der Waals surface area contributed by atoms with Gasteiger partial charge in [-0.25, -0.2) is 9.78 Å². The molecule has 6 rings (SSSR count). The largest absolute Gasteiger partial charge is 0.488 e. The van der Waals surface area contributed by atoms with Crippen LogP contribution < -0.4 is 9.47 Å². The number of fused-ring (bicyclic) bond motifs is 1. The molecular weight excluding hydrogens is 544 g/mol. The summed E-state index contributed by atoms with van der Waals surface area (Å²) < 4.78 is 18.9. The van der Waals surface area contributed by atoms with E-state index in [1.165, 1.54) is 40.2 Å². The lowest BCUT2D eigenvalue weighted by atomic mass is 9.90. The SMILES string of the molecule is CCc1cc(COc2c(C)cccc2-c2cccc(-n3ncc(C(=O)O)c3OC)n2)cc2c1CN(C1CCOCC1)CC2. The molecule has 2 aliphatic rings. The zero-order valence-electron chi connectivity index (χ0n) is 25.0. The Bertz CT molecular complexity index is 1610. The number of hydrogen-bond acceptors (Lipinski definition) is 7. The number of hydrogen-bond donors (Lipinski definition) is 1. The molecule has 2 aliphatic heterocycles. The first-order valence-electron chi connectivity index (χ1n) is 15.0. The van der Waals surface area contributed by atoms with Gasteiger partial charge in [-0.1, -0.05) is 37.3 Å². The van der Waals surface area contributed by atoms with E-state index in [9.17, 15) is 9.90 Å². The van der Waals surface area contributed by atoms with Crippen molar-refractivity contribution in [2.24, 2.45) is 0 Å². The standard InChI is InChI=1S/C34H38N4O5/c1-4-24-17-23(18-25-11-14-37(20-29(24)25)26-12-15-42-16-13-26)21-43-32-22(2)7-5-8-27(32)30-9-6-10-31(36-30)38-33(41-3)28(19-35-38)34(39)40/h5-10,17-19,26H,4,11-16,20-21H2,1-3H3,(H,39,40). The molecule has 0 aliphatic carbocycles. The monoisotopic (exact) mass is 582 g/mol. The lowest BCUT2D eigenvalue weighted by Gasteiger charge is -2.38. The van der Waals surface area contributed by atoms with Gasteiger partial charge in [0.15, 0.2) is 5.82 Å². The molecule has 2 aromatic heterocycles. The molecule has 0 radical (unpaired) electrons. The van der Waals surface area contributed by atoms with Gasteiger partial charge in [0.1, 0.15) is 17.9 Å². The second kappa shape index (κ2) is 12.6. The van der Waals surface area contributed by atoms with Gasteiger partial charge in [0.25, 0.3) is 0 Å². The summed E-state index contributed by atoms with van der Waals surface area (Å²) in [5, 5.41) is 13.7. The normalized spacial score (nSPS) is 15.7. The van der Waals surface area contributed by atoms with Crippen LogP contribution in [0.1, 0.15) is 57.9 Å². The number of methoxy groups -OCH3 is 1. The number of carboxylic acid groups (broad SMARTS) is 1. The minimum absolute atomic E-state index is 0.0259. The Morgan fingerprint density at radius 1 is 1.14 bits per heavy atom. The maximum atomic E-state index is 11.6. The topological polar surface area (TPSA) is 98.9 Å². The second-order valence-electron chi connectivity index (χ2n) is 11.2. The highest BCUT2D eigenvalue weighted by atomic mass is 16.5. The van der Waals surface area contributed by atoms with Gasteiger partial charge in [-0.15, -0.1) is 0 Å². The van der Waals surface area contributed by atoms with Crippen molar-refractivity contribution in [3.63, 3.8) is 0 Å². The summed E-state index contributed by atoms with van der Waals surface area (Å²) in [5.74, 6) is 0.227. The molecule has 0 atom stereocenters. The molecule has 0 saturated carbocycles. The van der Waals surface area contributed by atoms with Crippen LogP contribution in [0.4, 0.5) is 0 Å². The third kappa shape index (κ3) is 5.87. The van der Waals surface area contributed by atoms with Gasteiger partial charge in [-0.2, -0.15) is 9.78 Å². The molecule has 0 unspecified atom stereocenters. The summed E-state index contributed by atoms with van der Waals surface area (Å²) >= 11 is 0. The number of aromatic carboxylic acids is 1. The van der Waals surface area contributed by atoms with Crippen LogP contribution in [-0.4, -0.2) is 63.7 Å². The maximum absolute atomic E-state index is 11.6. The van der Waals surface area contributed by atoms with E-state index in [0.717, 1.165) is 68.9 Å².